The lowest BCUT2D eigenvalue weighted by molar-refractivity contribution is 0.193. The zero-order valence-corrected chi connectivity index (χ0v) is 10.1. The molecule has 7 heteroatoms. The van der Waals surface area contributed by atoms with Crippen LogP contribution in [-0.4, -0.2) is 31.5 Å². The van der Waals surface area contributed by atoms with E-state index in [4.69, 9.17) is 9.26 Å². The highest BCUT2D eigenvalue weighted by molar-refractivity contribution is 5.01. The van der Waals surface area contributed by atoms with Gasteiger partial charge in [0.15, 0.2) is 5.82 Å². The first-order valence-electron chi connectivity index (χ1n) is 5.35. The topological polar surface area (TPSA) is 78.9 Å². The van der Waals surface area contributed by atoms with Gasteiger partial charge in [0, 0.05) is 5.41 Å². The van der Waals surface area contributed by atoms with E-state index in [1.165, 1.54) is 6.33 Å². The molecule has 2 rings (SSSR count). The van der Waals surface area contributed by atoms with Crippen LogP contribution in [-0.2, 0) is 12.0 Å². The van der Waals surface area contributed by atoms with Crippen LogP contribution in [0.4, 0.5) is 0 Å². The summed E-state index contributed by atoms with van der Waals surface area (Å²) in [5.74, 6) is 0.633. The molecule has 0 aromatic carbocycles. The number of nitrogens with zero attached hydrogens (tertiary/aromatic N) is 5. The van der Waals surface area contributed by atoms with Crippen LogP contribution in [0.1, 0.15) is 26.6 Å². The Hall–Kier alpha value is -1.92. The highest BCUT2D eigenvalue weighted by Gasteiger charge is 2.21. The zero-order chi connectivity index (χ0) is 12.3. The fourth-order valence-corrected chi connectivity index (χ4v) is 1.15. The third kappa shape index (κ3) is 3.02. The average Bonchev–Trinajstić information content (AvgIpc) is 2.86. The predicted molar refractivity (Wildman–Crippen MR) is 58.5 cm³/mol. The second kappa shape index (κ2) is 4.52. The van der Waals surface area contributed by atoms with Gasteiger partial charge in [-0.3, -0.25) is 4.52 Å². The molecule has 0 aliphatic heterocycles. The quantitative estimate of drug-likeness (QED) is 0.790. The third-order valence-electron chi connectivity index (χ3n) is 2.09. The number of rotatable bonds is 4. The molecule has 17 heavy (non-hydrogen) atoms. The van der Waals surface area contributed by atoms with Gasteiger partial charge in [0.2, 0.25) is 0 Å². The standard InChI is InChI=1S/C10H15N5O2/c1-10(2,3)8-13-9(17-14-8)16-5-4-15-7-11-6-12-15/h6-7H,4-5H2,1-3H3. The Labute approximate surface area is 98.8 Å². The molecule has 2 heterocycles. The van der Waals surface area contributed by atoms with E-state index in [0.717, 1.165) is 0 Å². The molecule has 0 aliphatic rings. The van der Waals surface area contributed by atoms with Crippen molar-refractivity contribution >= 4 is 0 Å². The fraction of sp³-hybridized carbons (Fsp3) is 0.600. The van der Waals surface area contributed by atoms with E-state index in [1.807, 2.05) is 20.8 Å². The molecule has 0 saturated heterocycles. The van der Waals surface area contributed by atoms with Gasteiger partial charge in [-0.2, -0.15) is 10.1 Å². The van der Waals surface area contributed by atoms with Crippen LogP contribution in [0.5, 0.6) is 6.08 Å². The molecule has 0 aliphatic carbocycles. The smallest absolute Gasteiger partial charge is 0.417 e. The van der Waals surface area contributed by atoms with Gasteiger partial charge in [-0.25, -0.2) is 9.67 Å². The van der Waals surface area contributed by atoms with Crippen LogP contribution in [0, 0.1) is 0 Å². The molecule has 92 valence electrons. The maximum absolute atomic E-state index is 5.33. The Morgan fingerprint density at radius 3 is 2.82 bits per heavy atom. The SMILES string of the molecule is CC(C)(C)c1noc(OCCn2cncn2)n1. The van der Waals surface area contributed by atoms with Crippen LogP contribution < -0.4 is 4.74 Å². The highest BCUT2D eigenvalue weighted by Crippen LogP contribution is 2.20. The van der Waals surface area contributed by atoms with Gasteiger partial charge in [0.25, 0.3) is 0 Å². The van der Waals surface area contributed by atoms with Gasteiger partial charge >= 0.3 is 6.08 Å². The van der Waals surface area contributed by atoms with Crippen LogP contribution >= 0.6 is 0 Å². The summed E-state index contributed by atoms with van der Waals surface area (Å²) in [5, 5.41) is 7.81. The molecule has 0 N–H and O–H groups in total. The average molecular weight is 237 g/mol. The van der Waals surface area contributed by atoms with Crippen molar-refractivity contribution in [2.45, 2.75) is 32.7 Å². The lowest BCUT2D eigenvalue weighted by Gasteiger charge is -2.10. The summed E-state index contributed by atoms with van der Waals surface area (Å²) in [7, 11) is 0. The van der Waals surface area contributed by atoms with Crippen LogP contribution in [0.2, 0.25) is 0 Å². The van der Waals surface area contributed by atoms with E-state index in [1.54, 1.807) is 11.0 Å². The van der Waals surface area contributed by atoms with E-state index in [9.17, 15) is 0 Å². The van der Waals surface area contributed by atoms with Crippen LogP contribution in [0.15, 0.2) is 17.2 Å². The first-order valence-corrected chi connectivity index (χ1v) is 5.35. The normalized spacial score (nSPS) is 11.7. The largest absolute Gasteiger partial charge is 0.447 e. The minimum absolute atomic E-state index is 0.142. The number of hydrogen-bond donors (Lipinski definition) is 0. The van der Waals surface area contributed by atoms with E-state index in [-0.39, 0.29) is 11.5 Å². The molecule has 0 radical (unpaired) electrons. The summed E-state index contributed by atoms with van der Waals surface area (Å²) < 4.78 is 12.0. The summed E-state index contributed by atoms with van der Waals surface area (Å²) in [5.41, 5.74) is -0.142. The molecule has 0 unspecified atom stereocenters. The Balaban J connectivity index is 1.85. The van der Waals surface area contributed by atoms with Crippen molar-refractivity contribution in [2.24, 2.45) is 0 Å². The second-order valence-corrected chi connectivity index (χ2v) is 4.64. The molecule has 2 aromatic heterocycles. The first kappa shape index (κ1) is 11.6. The number of hydrogen-bond acceptors (Lipinski definition) is 6. The summed E-state index contributed by atoms with van der Waals surface area (Å²) in [4.78, 5) is 7.98. The minimum Gasteiger partial charge on any atom is -0.447 e. The maximum Gasteiger partial charge on any atom is 0.417 e. The first-order chi connectivity index (χ1) is 8.05. The Morgan fingerprint density at radius 2 is 2.24 bits per heavy atom. The molecule has 0 bridgehead atoms. The van der Waals surface area contributed by atoms with Crippen molar-refractivity contribution in [3.05, 3.63) is 18.5 Å². The van der Waals surface area contributed by atoms with Crippen molar-refractivity contribution < 1.29 is 9.26 Å². The molecule has 0 fully saturated rings. The molecule has 2 aromatic rings. The zero-order valence-electron chi connectivity index (χ0n) is 10.1. The van der Waals surface area contributed by atoms with Crippen molar-refractivity contribution in [1.82, 2.24) is 24.9 Å². The van der Waals surface area contributed by atoms with Gasteiger partial charge in [-0.05, 0) is 0 Å². The molecule has 0 amide bonds. The van der Waals surface area contributed by atoms with Crippen LogP contribution in [0.25, 0.3) is 0 Å². The predicted octanol–water partition coefficient (Wildman–Crippen LogP) is 1.04. The van der Waals surface area contributed by atoms with Crippen molar-refractivity contribution in [3.8, 4) is 6.08 Å². The molecule has 0 saturated carbocycles. The molecule has 7 nitrogen and oxygen atoms in total. The summed E-state index contributed by atoms with van der Waals surface area (Å²) in [6.07, 6.45) is 3.29. The Bertz CT molecular complexity index is 457. The maximum atomic E-state index is 5.33. The molecule has 0 spiro atoms. The van der Waals surface area contributed by atoms with Gasteiger partial charge in [-0.15, -0.1) is 0 Å². The van der Waals surface area contributed by atoms with Gasteiger partial charge < -0.3 is 4.74 Å². The van der Waals surface area contributed by atoms with E-state index >= 15 is 0 Å². The van der Waals surface area contributed by atoms with Gasteiger partial charge in [-0.1, -0.05) is 25.9 Å². The van der Waals surface area contributed by atoms with Gasteiger partial charge in [0.05, 0.1) is 6.54 Å². The summed E-state index contributed by atoms with van der Waals surface area (Å²) in [6.45, 7) is 7.04. The number of ether oxygens (including phenoxy) is 1. The van der Waals surface area contributed by atoms with Crippen LogP contribution in [0.3, 0.4) is 0 Å². The highest BCUT2D eigenvalue weighted by atomic mass is 16.6. The lowest BCUT2D eigenvalue weighted by Crippen LogP contribution is -2.13. The molecule has 0 atom stereocenters. The van der Waals surface area contributed by atoms with Gasteiger partial charge in [0.1, 0.15) is 19.3 Å². The summed E-state index contributed by atoms with van der Waals surface area (Å²) in [6, 6.07) is 0. The molecular weight excluding hydrogens is 222 g/mol. The number of aromatic nitrogens is 5. The second-order valence-electron chi connectivity index (χ2n) is 4.64. The monoisotopic (exact) mass is 237 g/mol. The van der Waals surface area contributed by atoms with E-state index in [2.05, 4.69) is 20.2 Å². The van der Waals surface area contributed by atoms with Crippen molar-refractivity contribution in [2.75, 3.05) is 6.61 Å². The Kier molecular flexibility index (Phi) is 3.08. The minimum atomic E-state index is -0.142. The summed E-state index contributed by atoms with van der Waals surface area (Å²) >= 11 is 0. The molecular formula is C10H15N5O2. The van der Waals surface area contributed by atoms with E-state index < -0.39 is 0 Å². The third-order valence-corrected chi connectivity index (χ3v) is 2.09. The lowest BCUT2D eigenvalue weighted by atomic mass is 9.96. The fourth-order valence-electron chi connectivity index (χ4n) is 1.15. The van der Waals surface area contributed by atoms with E-state index in [0.29, 0.717) is 19.0 Å². The van der Waals surface area contributed by atoms with Crippen molar-refractivity contribution in [3.63, 3.8) is 0 Å². The van der Waals surface area contributed by atoms with Crippen molar-refractivity contribution in [1.29, 1.82) is 0 Å². The Morgan fingerprint density at radius 1 is 1.41 bits per heavy atom.